The van der Waals surface area contributed by atoms with E-state index in [0.717, 1.165) is 5.56 Å². The molecule has 0 spiro atoms. The molecule has 0 amide bonds. The average Bonchev–Trinajstić information content (AvgIpc) is 2.62. The molecule has 0 fully saturated rings. The summed E-state index contributed by atoms with van der Waals surface area (Å²) in [6.45, 7) is 2.01. The van der Waals surface area contributed by atoms with Gasteiger partial charge >= 0.3 is 0 Å². The molecule has 0 radical (unpaired) electrons. The SMILES string of the molecule is CCS(=O)(=O)N1CCCc2cc(NS(=O)(=O)Cc3ccccc3F)ccc21. The zero-order chi connectivity index (χ0) is 19.7. The maximum absolute atomic E-state index is 13.7. The highest BCUT2D eigenvalue weighted by atomic mass is 32.2. The van der Waals surface area contributed by atoms with E-state index in [2.05, 4.69) is 4.72 Å². The van der Waals surface area contributed by atoms with Gasteiger partial charge in [-0.3, -0.25) is 9.03 Å². The summed E-state index contributed by atoms with van der Waals surface area (Å²) in [4.78, 5) is 0. The smallest absolute Gasteiger partial charge is 0.237 e. The average molecular weight is 413 g/mol. The first-order chi connectivity index (χ1) is 12.7. The first kappa shape index (κ1) is 19.6. The normalized spacial score (nSPS) is 14.7. The van der Waals surface area contributed by atoms with E-state index in [4.69, 9.17) is 0 Å². The van der Waals surface area contributed by atoms with Gasteiger partial charge in [0.15, 0.2) is 0 Å². The van der Waals surface area contributed by atoms with Crippen molar-refractivity contribution in [2.24, 2.45) is 0 Å². The summed E-state index contributed by atoms with van der Waals surface area (Å²) < 4.78 is 66.8. The lowest BCUT2D eigenvalue weighted by Gasteiger charge is -2.30. The minimum Gasteiger partial charge on any atom is -0.283 e. The van der Waals surface area contributed by atoms with Crippen LogP contribution < -0.4 is 9.03 Å². The van der Waals surface area contributed by atoms with Crippen LogP contribution in [0, 0.1) is 5.82 Å². The highest BCUT2D eigenvalue weighted by Crippen LogP contribution is 2.32. The van der Waals surface area contributed by atoms with Crippen molar-refractivity contribution in [3.63, 3.8) is 0 Å². The Morgan fingerprint density at radius 1 is 1.11 bits per heavy atom. The van der Waals surface area contributed by atoms with Gasteiger partial charge < -0.3 is 0 Å². The van der Waals surface area contributed by atoms with Gasteiger partial charge in [0.1, 0.15) is 5.82 Å². The highest BCUT2D eigenvalue weighted by Gasteiger charge is 2.26. The molecule has 9 heteroatoms. The molecule has 146 valence electrons. The largest absolute Gasteiger partial charge is 0.283 e. The molecule has 1 aliphatic heterocycles. The minimum atomic E-state index is -3.81. The molecular weight excluding hydrogens is 391 g/mol. The van der Waals surface area contributed by atoms with Crippen LogP contribution >= 0.6 is 0 Å². The number of halogens is 1. The summed E-state index contributed by atoms with van der Waals surface area (Å²) in [6, 6.07) is 10.5. The summed E-state index contributed by atoms with van der Waals surface area (Å²) in [5.74, 6) is -1.05. The van der Waals surface area contributed by atoms with Gasteiger partial charge in [-0.2, -0.15) is 0 Å². The van der Waals surface area contributed by atoms with Crippen LogP contribution in [0.2, 0.25) is 0 Å². The van der Waals surface area contributed by atoms with Crippen LogP contribution in [-0.2, 0) is 32.2 Å². The van der Waals surface area contributed by atoms with Crippen LogP contribution in [0.4, 0.5) is 15.8 Å². The van der Waals surface area contributed by atoms with Crippen molar-refractivity contribution in [3.8, 4) is 0 Å². The number of rotatable bonds is 6. The van der Waals surface area contributed by atoms with Crippen LogP contribution in [0.5, 0.6) is 0 Å². The lowest BCUT2D eigenvalue weighted by molar-refractivity contribution is 0.587. The standard InChI is InChI=1S/C18H21FN2O4S2/c1-2-27(24,25)21-11-5-7-14-12-16(9-10-18(14)21)20-26(22,23)13-15-6-3-4-8-17(15)19/h3-4,6,8-10,12,20H,2,5,7,11,13H2,1H3. The number of hydrogen-bond acceptors (Lipinski definition) is 4. The Bertz CT molecular complexity index is 1050. The molecule has 2 aromatic rings. The summed E-state index contributed by atoms with van der Waals surface area (Å²) in [5, 5.41) is 0. The lowest BCUT2D eigenvalue weighted by atomic mass is 10.0. The first-order valence-electron chi connectivity index (χ1n) is 8.59. The zero-order valence-electron chi connectivity index (χ0n) is 14.9. The van der Waals surface area contributed by atoms with Crippen molar-refractivity contribution < 1.29 is 21.2 Å². The Labute approximate surface area is 159 Å². The summed E-state index contributed by atoms with van der Waals surface area (Å²) in [6.07, 6.45) is 1.33. The summed E-state index contributed by atoms with van der Waals surface area (Å²) in [5.41, 5.74) is 1.77. The van der Waals surface area contributed by atoms with E-state index in [-0.39, 0.29) is 11.3 Å². The molecule has 0 bridgehead atoms. The fourth-order valence-electron chi connectivity index (χ4n) is 3.11. The Morgan fingerprint density at radius 3 is 2.56 bits per heavy atom. The number of aryl methyl sites for hydroxylation is 1. The molecule has 0 atom stereocenters. The zero-order valence-corrected chi connectivity index (χ0v) is 16.5. The van der Waals surface area contributed by atoms with Crippen LogP contribution in [0.1, 0.15) is 24.5 Å². The molecule has 3 rings (SSSR count). The van der Waals surface area contributed by atoms with Gasteiger partial charge in [-0.05, 0) is 49.6 Å². The predicted octanol–water partition coefficient (Wildman–Crippen LogP) is 2.87. The van der Waals surface area contributed by atoms with Gasteiger partial charge in [-0.25, -0.2) is 21.2 Å². The van der Waals surface area contributed by atoms with Crippen LogP contribution in [-0.4, -0.2) is 29.1 Å². The first-order valence-corrected chi connectivity index (χ1v) is 11.9. The van der Waals surface area contributed by atoms with Gasteiger partial charge in [0.2, 0.25) is 20.0 Å². The van der Waals surface area contributed by atoms with E-state index in [1.165, 1.54) is 28.6 Å². The number of anilines is 2. The number of fused-ring (bicyclic) bond motifs is 1. The second-order valence-corrected chi connectivity index (χ2v) is 10.3. The van der Waals surface area contributed by atoms with E-state index in [0.29, 0.717) is 30.8 Å². The fourth-order valence-corrected chi connectivity index (χ4v) is 5.51. The maximum atomic E-state index is 13.7. The van der Waals surface area contributed by atoms with Gasteiger partial charge in [0, 0.05) is 17.8 Å². The van der Waals surface area contributed by atoms with Crippen molar-refractivity contribution in [2.45, 2.75) is 25.5 Å². The second kappa shape index (κ2) is 7.47. The monoisotopic (exact) mass is 412 g/mol. The van der Waals surface area contributed by atoms with Crippen LogP contribution in [0.15, 0.2) is 42.5 Å². The number of sulfonamides is 2. The predicted molar refractivity (Wildman–Crippen MR) is 104 cm³/mol. The van der Waals surface area contributed by atoms with Gasteiger partial charge in [-0.1, -0.05) is 18.2 Å². The molecular formula is C18H21FN2O4S2. The fraction of sp³-hybridized carbons (Fsp3) is 0.333. The van der Waals surface area contributed by atoms with E-state index in [1.807, 2.05) is 0 Å². The second-order valence-electron chi connectivity index (χ2n) is 6.37. The Kier molecular flexibility index (Phi) is 5.43. The van der Waals surface area contributed by atoms with Gasteiger partial charge in [0.25, 0.3) is 0 Å². The maximum Gasteiger partial charge on any atom is 0.237 e. The van der Waals surface area contributed by atoms with Gasteiger partial charge in [-0.15, -0.1) is 0 Å². The highest BCUT2D eigenvalue weighted by molar-refractivity contribution is 7.92. The summed E-state index contributed by atoms with van der Waals surface area (Å²) in [7, 11) is -7.18. The summed E-state index contributed by atoms with van der Waals surface area (Å²) >= 11 is 0. The van der Waals surface area contributed by atoms with Crippen molar-refractivity contribution >= 4 is 31.4 Å². The third-order valence-corrected chi connectivity index (χ3v) is 7.45. The van der Waals surface area contributed by atoms with E-state index < -0.39 is 31.6 Å². The molecule has 0 aliphatic carbocycles. The number of hydrogen-bond donors (Lipinski definition) is 1. The van der Waals surface area contributed by atoms with E-state index in [9.17, 15) is 21.2 Å². The minimum absolute atomic E-state index is 0.00343. The third kappa shape index (κ3) is 4.41. The lowest BCUT2D eigenvalue weighted by Crippen LogP contribution is -2.36. The van der Waals surface area contributed by atoms with Crippen LogP contribution in [0.25, 0.3) is 0 Å². The Morgan fingerprint density at radius 2 is 1.85 bits per heavy atom. The molecule has 1 N–H and O–H groups in total. The van der Waals surface area contributed by atoms with Crippen molar-refractivity contribution in [1.82, 2.24) is 0 Å². The van der Waals surface area contributed by atoms with Crippen LogP contribution in [0.3, 0.4) is 0 Å². The molecule has 0 unspecified atom stereocenters. The molecule has 0 saturated carbocycles. The Balaban J connectivity index is 1.84. The van der Waals surface area contributed by atoms with Crippen molar-refractivity contribution in [1.29, 1.82) is 0 Å². The van der Waals surface area contributed by atoms with Crippen molar-refractivity contribution in [2.75, 3.05) is 21.3 Å². The number of nitrogens with zero attached hydrogens (tertiary/aromatic N) is 1. The topological polar surface area (TPSA) is 83.6 Å². The Hall–Kier alpha value is -2.13. The molecule has 27 heavy (non-hydrogen) atoms. The van der Waals surface area contributed by atoms with Gasteiger partial charge in [0.05, 0.1) is 17.2 Å². The molecule has 1 heterocycles. The number of nitrogens with one attached hydrogen (secondary N) is 1. The van der Waals surface area contributed by atoms with Crippen molar-refractivity contribution in [3.05, 3.63) is 59.4 Å². The molecule has 2 aromatic carbocycles. The molecule has 0 saturated heterocycles. The molecule has 0 aromatic heterocycles. The van der Waals surface area contributed by atoms with E-state index in [1.54, 1.807) is 25.1 Å². The number of benzene rings is 2. The molecule has 1 aliphatic rings. The quantitative estimate of drug-likeness (QED) is 0.791. The molecule has 6 nitrogen and oxygen atoms in total. The third-order valence-electron chi connectivity index (χ3n) is 4.43. The van der Waals surface area contributed by atoms with E-state index >= 15 is 0 Å².